The van der Waals surface area contributed by atoms with Gasteiger partial charge in [-0.15, -0.1) is 0 Å². The molecule has 18 heteroatoms. The largest absolute Gasteiger partial charge is 0.481 e. The number of rotatable bonds is 34. The van der Waals surface area contributed by atoms with Gasteiger partial charge in [-0.1, -0.05) is 112 Å². The zero-order valence-electron chi connectivity index (χ0n) is 37.0. The van der Waals surface area contributed by atoms with Crippen molar-refractivity contribution in [3.63, 3.8) is 0 Å². The minimum absolute atomic E-state index is 0.266. The number of carbonyl (C=O) groups is 9. The van der Waals surface area contributed by atoms with Crippen LogP contribution in [0, 0.1) is 11.8 Å². The fourth-order valence-corrected chi connectivity index (χ4v) is 6.30. The van der Waals surface area contributed by atoms with Crippen LogP contribution in [0.25, 0.3) is 0 Å². The average Bonchev–Trinajstić information content (AvgIpc) is 3.16. The first-order valence-corrected chi connectivity index (χ1v) is 21.8. The Hall–Kier alpha value is -4.77. The van der Waals surface area contributed by atoms with Crippen LogP contribution >= 0.6 is 0 Å². The van der Waals surface area contributed by atoms with Crippen LogP contribution in [-0.4, -0.2) is 99.8 Å². The second kappa shape index (κ2) is 31.2. The summed E-state index contributed by atoms with van der Waals surface area (Å²) in [7, 11) is 0. The number of amides is 7. The molecule has 0 aliphatic rings. The van der Waals surface area contributed by atoms with E-state index in [1.54, 1.807) is 27.7 Å². The lowest BCUT2D eigenvalue weighted by atomic mass is 9.98. The van der Waals surface area contributed by atoms with Crippen LogP contribution in [0.2, 0.25) is 0 Å². The highest BCUT2D eigenvalue weighted by atomic mass is 16.4. The van der Waals surface area contributed by atoms with Gasteiger partial charge < -0.3 is 47.8 Å². The molecule has 0 saturated heterocycles. The number of unbranched alkanes of at least 4 members (excludes halogenated alkanes) is 12. The van der Waals surface area contributed by atoms with Gasteiger partial charge in [-0.25, -0.2) is 0 Å². The zero-order chi connectivity index (χ0) is 45.8. The molecule has 0 fully saturated rings. The van der Waals surface area contributed by atoms with E-state index in [-0.39, 0.29) is 18.7 Å². The summed E-state index contributed by atoms with van der Waals surface area (Å²) < 4.78 is 0. The average molecular weight is 854 g/mol. The lowest BCUT2D eigenvalue weighted by Gasteiger charge is -2.29. The summed E-state index contributed by atoms with van der Waals surface area (Å²) in [6, 6.07) is -7.41. The van der Waals surface area contributed by atoms with Gasteiger partial charge in [0.25, 0.3) is 0 Å². The van der Waals surface area contributed by atoms with Gasteiger partial charge in [0, 0.05) is 19.3 Å². The molecule has 0 aromatic heterocycles. The topological polar surface area (TPSA) is 292 Å². The Balaban J connectivity index is 5.18. The van der Waals surface area contributed by atoms with Crippen molar-refractivity contribution in [2.45, 2.75) is 200 Å². The van der Waals surface area contributed by atoms with E-state index in [0.717, 1.165) is 19.3 Å². The van der Waals surface area contributed by atoms with Crippen molar-refractivity contribution in [3.8, 4) is 0 Å². The lowest BCUT2D eigenvalue weighted by molar-refractivity contribution is -0.140. The number of aliphatic carboxylic acids is 2. The van der Waals surface area contributed by atoms with Crippen LogP contribution in [-0.2, 0) is 43.2 Å². The Morgan fingerprint density at radius 1 is 0.433 bits per heavy atom. The van der Waals surface area contributed by atoms with Crippen LogP contribution in [0.15, 0.2) is 0 Å². The third kappa shape index (κ3) is 25.0. The van der Waals surface area contributed by atoms with E-state index in [9.17, 15) is 48.3 Å². The molecule has 0 unspecified atom stereocenters. The van der Waals surface area contributed by atoms with Gasteiger partial charge in [0.1, 0.15) is 36.3 Å². The molecule has 0 heterocycles. The fraction of sp³-hybridized carbons (Fsp3) is 0.786. The number of primary amides is 1. The molecule has 0 radical (unpaired) electrons. The standard InChI is InChI=1S/C42H75N7O11/c1-8-9-10-11-12-13-14-15-16-17-18-19-20-21-32(50)44-28(6)38(56)45-29(7)39(57)48-36(27(4)5)42(60)49-35(26(2)3)41(59)47-31(23-25-34(53)54)40(58)46-30(37(43)55)22-24-33(51)52/h26-31,35-36H,8-25H2,1-7H3,(H2,43,55)(H,44,50)(H,45,56)(H,46,58)(H,47,59)(H,48,57)(H,49,60)(H,51,52)(H,53,54)/t28-,29-,30-,31-,35-,36-/m0/s1. The summed E-state index contributed by atoms with van der Waals surface area (Å²) in [6.45, 7) is 11.7. The van der Waals surface area contributed by atoms with Gasteiger partial charge in [-0.2, -0.15) is 0 Å². The Bertz CT molecular complexity index is 1390. The van der Waals surface area contributed by atoms with Gasteiger partial charge in [0.2, 0.25) is 41.4 Å². The maximum atomic E-state index is 13.5. The van der Waals surface area contributed by atoms with E-state index in [1.165, 1.54) is 71.6 Å². The number of carboxylic acid groups (broad SMARTS) is 2. The highest BCUT2D eigenvalue weighted by Crippen LogP contribution is 2.14. The summed E-state index contributed by atoms with van der Waals surface area (Å²) in [6.07, 6.45) is 13.9. The first-order valence-electron chi connectivity index (χ1n) is 21.8. The zero-order valence-corrected chi connectivity index (χ0v) is 37.0. The molecule has 0 aromatic rings. The second-order valence-electron chi connectivity index (χ2n) is 16.4. The Morgan fingerprint density at radius 2 is 0.800 bits per heavy atom. The normalized spacial score (nSPS) is 14.2. The van der Waals surface area contributed by atoms with Gasteiger partial charge >= 0.3 is 11.9 Å². The molecule has 344 valence electrons. The number of carbonyl (C=O) groups excluding carboxylic acids is 7. The first-order chi connectivity index (χ1) is 28.2. The summed E-state index contributed by atoms with van der Waals surface area (Å²) in [5, 5.41) is 33.2. The predicted molar refractivity (Wildman–Crippen MR) is 226 cm³/mol. The number of nitrogens with two attached hydrogens (primary N) is 1. The van der Waals surface area contributed by atoms with E-state index in [0.29, 0.717) is 6.42 Å². The van der Waals surface area contributed by atoms with Gasteiger partial charge in [-0.05, 0) is 44.9 Å². The summed E-state index contributed by atoms with van der Waals surface area (Å²) >= 11 is 0. The summed E-state index contributed by atoms with van der Waals surface area (Å²) in [5.41, 5.74) is 5.30. The number of hydrogen-bond acceptors (Lipinski definition) is 9. The molecular weight excluding hydrogens is 778 g/mol. The summed E-state index contributed by atoms with van der Waals surface area (Å²) in [5.74, 6) is -8.82. The molecule has 0 saturated carbocycles. The lowest BCUT2D eigenvalue weighted by Crippen LogP contribution is -2.61. The van der Waals surface area contributed by atoms with Gasteiger partial charge in [-0.3, -0.25) is 43.2 Å². The number of carboxylic acids is 2. The van der Waals surface area contributed by atoms with Crippen LogP contribution in [0.5, 0.6) is 0 Å². The monoisotopic (exact) mass is 854 g/mol. The minimum Gasteiger partial charge on any atom is -0.481 e. The van der Waals surface area contributed by atoms with E-state index in [2.05, 4.69) is 38.8 Å². The molecule has 6 atom stereocenters. The molecule has 18 nitrogen and oxygen atoms in total. The quantitative estimate of drug-likeness (QED) is 0.0424. The molecule has 10 N–H and O–H groups in total. The van der Waals surface area contributed by atoms with Crippen molar-refractivity contribution in [3.05, 3.63) is 0 Å². The maximum absolute atomic E-state index is 13.5. The third-order valence-corrected chi connectivity index (χ3v) is 10.1. The molecule has 0 spiro atoms. The third-order valence-electron chi connectivity index (χ3n) is 10.1. The predicted octanol–water partition coefficient (Wildman–Crippen LogP) is 2.94. The van der Waals surface area contributed by atoms with Gasteiger partial charge in [0.05, 0.1) is 0 Å². The maximum Gasteiger partial charge on any atom is 0.303 e. The van der Waals surface area contributed by atoms with Crippen LogP contribution in [0.4, 0.5) is 0 Å². The van der Waals surface area contributed by atoms with Crippen LogP contribution in [0.1, 0.15) is 164 Å². The van der Waals surface area contributed by atoms with E-state index < -0.39 is 115 Å². The SMILES string of the molecule is CCCCCCCCCCCCCCCC(=O)N[C@@H](C)C(=O)N[C@@H](C)C(=O)N[C@H](C(=O)N[C@H](C(=O)N[C@@H](CCC(=O)O)C(=O)N[C@@H](CCC(=O)O)C(N)=O)C(C)C)C(C)C. The molecule has 0 aliphatic carbocycles. The van der Waals surface area contributed by atoms with Crippen molar-refractivity contribution in [1.29, 1.82) is 0 Å². The number of hydrogen-bond donors (Lipinski definition) is 9. The molecule has 7 amide bonds. The highest BCUT2D eigenvalue weighted by Gasteiger charge is 2.34. The Labute approximate surface area is 355 Å². The van der Waals surface area contributed by atoms with Crippen LogP contribution in [0.3, 0.4) is 0 Å². The van der Waals surface area contributed by atoms with Crippen molar-refractivity contribution in [2.75, 3.05) is 0 Å². The van der Waals surface area contributed by atoms with Crippen molar-refractivity contribution >= 4 is 53.3 Å². The molecular formula is C42H75N7O11. The molecule has 0 bridgehead atoms. The highest BCUT2D eigenvalue weighted by molar-refractivity contribution is 5.97. The molecule has 60 heavy (non-hydrogen) atoms. The molecule has 0 aliphatic heterocycles. The van der Waals surface area contributed by atoms with Crippen molar-refractivity contribution < 1.29 is 53.4 Å². The van der Waals surface area contributed by atoms with E-state index >= 15 is 0 Å². The minimum atomic E-state index is -1.50. The summed E-state index contributed by atoms with van der Waals surface area (Å²) in [4.78, 5) is 113. The molecule has 0 rings (SSSR count). The van der Waals surface area contributed by atoms with Gasteiger partial charge in [0.15, 0.2) is 0 Å². The first kappa shape index (κ1) is 55.2. The van der Waals surface area contributed by atoms with Crippen molar-refractivity contribution in [2.24, 2.45) is 17.6 Å². The Kier molecular flexibility index (Phi) is 28.7. The second-order valence-corrected chi connectivity index (χ2v) is 16.4. The Morgan fingerprint density at radius 3 is 1.23 bits per heavy atom. The smallest absolute Gasteiger partial charge is 0.303 e. The molecule has 0 aromatic carbocycles. The van der Waals surface area contributed by atoms with Crippen LogP contribution < -0.4 is 37.6 Å². The van der Waals surface area contributed by atoms with Crippen molar-refractivity contribution in [1.82, 2.24) is 31.9 Å². The van der Waals surface area contributed by atoms with E-state index in [1.807, 2.05) is 0 Å². The fourth-order valence-electron chi connectivity index (χ4n) is 6.30. The number of nitrogens with one attached hydrogen (secondary N) is 6. The van der Waals surface area contributed by atoms with E-state index in [4.69, 9.17) is 10.8 Å².